The van der Waals surface area contributed by atoms with Crippen LogP contribution >= 0.6 is 0 Å². The monoisotopic (exact) mass is 257 g/mol. The van der Waals surface area contributed by atoms with Gasteiger partial charge in [0.25, 0.3) is 0 Å². The van der Waals surface area contributed by atoms with Crippen LogP contribution in [0.15, 0.2) is 23.2 Å². The molecule has 0 spiro atoms. The number of sulfonamides is 1. The first-order valence-electron chi connectivity index (χ1n) is 5.23. The van der Waals surface area contributed by atoms with E-state index in [0.29, 0.717) is 18.9 Å². The Bertz CT molecular complexity index is 492. The third-order valence-corrected chi connectivity index (χ3v) is 4.48. The lowest BCUT2D eigenvalue weighted by molar-refractivity contribution is 0.141. The fraction of sp³-hybridized carbons (Fsp3) is 0.500. The molecule has 0 saturated carbocycles. The number of aromatic nitrogens is 1. The van der Waals surface area contributed by atoms with Gasteiger partial charge in [0.2, 0.25) is 10.0 Å². The lowest BCUT2D eigenvalue weighted by Gasteiger charge is -2.36. The van der Waals surface area contributed by atoms with Crippen molar-refractivity contribution in [1.29, 1.82) is 0 Å². The summed E-state index contributed by atoms with van der Waals surface area (Å²) in [6.07, 6.45) is 1.04. The predicted molar refractivity (Wildman–Crippen MR) is 63.3 cm³/mol. The van der Waals surface area contributed by atoms with Crippen molar-refractivity contribution in [3.05, 3.63) is 18.3 Å². The summed E-state index contributed by atoms with van der Waals surface area (Å²) in [4.78, 5) is 6.15. The Morgan fingerprint density at radius 3 is 2.47 bits per heavy atom. The van der Waals surface area contributed by atoms with Crippen LogP contribution in [0.2, 0.25) is 0 Å². The molecule has 1 aliphatic heterocycles. The Morgan fingerprint density at radius 1 is 1.41 bits per heavy atom. The molecule has 0 bridgehead atoms. The Balaban J connectivity index is 2.19. The largest absolute Gasteiger partial charge is 0.389 e. The minimum atomic E-state index is -3.42. The van der Waals surface area contributed by atoms with Crippen molar-refractivity contribution in [3.8, 4) is 0 Å². The highest BCUT2D eigenvalue weighted by atomic mass is 32.2. The van der Waals surface area contributed by atoms with E-state index in [2.05, 4.69) is 4.98 Å². The number of nitrogens with zero attached hydrogens (tertiary/aromatic N) is 3. The molecule has 0 radical (unpaired) electrons. The zero-order valence-electron chi connectivity index (χ0n) is 9.74. The number of hydrogen-bond donors (Lipinski definition) is 1. The van der Waals surface area contributed by atoms with Gasteiger partial charge in [0, 0.05) is 33.4 Å². The lowest BCUT2D eigenvalue weighted by Crippen LogP contribution is -2.51. The third-order valence-electron chi connectivity index (χ3n) is 2.69. The molecule has 0 amide bonds. The number of β-amino-alcohol motifs (C(OH)–C–C–N with tert-alkyl or cyclic N) is 1. The van der Waals surface area contributed by atoms with Gasteiger partial charge in [0.1, 0.15) is 10.7 Å². The molecule has 2 rings (SSSR count). The van der Waals surface area contributed by atoms with E-state index in [9.17, 15) is 8.42 Å². The van der Waals surface area contributed by atoms with Gasteiger partial charge in [-0.1, -0.05) is 0 Å². The van der Waals surface area contributed by atoms with Gasteiger partial charge < -0.3 is 10.0 Å². The number of hydrogen-bond acceptors (Lipinski definition) is 5. The molecule has 7 heteroatoms. The van der Waals surface area contributed by atoms with E-state index in [1.165, 1.54) is 26.4 Å². The molecule has 94 valence electrons. The van der Waals surface area contributed by atoms with E-state index in [4.69, 9.17) is 5.11 Å². The second-order valence-electron chi connectivity index (χ2n) is 4.20. The Morgan fingerprint density at radius 2 is 2.06 bits per heavy atom. The summed E-state index contributed by atoms with van der Waals surface area (Å²) >= 11 is 0. The maximum Gasteiger partial charge on any atom is 0.244 e. The van der Waals surface area contributed by atoms with Gasteiger partial charge in [-0.3, -0.25) is 0 Å². The quantitative estimate of drug-likeness (QED) is 0.791. The van der Waals surface area contributed by atoms with Gasteiger partial charge in [-0.15, -0.1) is 0 Å². The van der Waals surface area contributed by atoms with E-state index in [1.807, 2.05) is 4.90 Å². The molecule has 1 aromatic heterocycles. The fourth-order valence-electron chi connectivity index (χ4n) is 1.57. The smallest absolute Gasteiger partial charge is 0.244 e. The van der Waals surface area contributed by atoms with Gasteiger partial charge in [0.15, 0.2) is 0 Å². The minimum Gasteiger partial charge on any atom is -0.389 e. The molecule has 1 N–H and O–H groups in total. The number of anilines is 1. The zero-order valence-corrected chi connectivity index (χ0v) is 10.6. The maximum atomic E-state index is 11.8. The van der Waals surface area contributed by atoms with E-state index in [1.54, 1.807) is 6.07 Å². The van der Waals surface area contributed by atoms with Gasteiger partial charge in [-0.2, -0.15) is 0 Å². The molecule has 17 heavy (non-hydrogen) atoms. The van der Waals surface area contributed by atoms with Gasteiger partial charge in [0.05, 0.1) is 6.10 Å². The van der Waals surface area contributed by atoms with E-state index < -0.39 is 10.0 Å². The third kappa shape index (κ3) is 2.26. The molecule has 0 atom stereocenters. The summed E-state index contributed by atoms with van der Waals surface area (Å²) in [5.74, 6) is 0.688. The second kappa shape index (κ2) is 4.25. The van der Waals surface area contributed by atoms with Crippen molar-refractivity contribution in [2.75, 3.05) is 32.1 Å². The molecular weight excluding hydrogens is 242 g/mol. The van der Waals surface area contributed by atoms with Crippen LogP contribution in [0.4, 0.5) is 5.82 Å². The summed E-state index contributed by atoms with van der Waals surface area (Å²) in [6.45, 7) is 1.10. The van der Waals surface area contributed by atoms with Crippen LogP contribution in [0.1, 0.15) is 0 Å². The molecule has 0 aromatic carbocycles. The minimum absolute atomic E-state index is 0.173. The first-order valence-corrected chi connectivity index (χ1v) is 6.67. The van der Waals surface area contributed by atoms with Crippen LogP contribution < -0.4 is 4.90 Å². The molecule has 0 aliphatic carbocycles. The SMILES string of the molecule is CN(C)S(=O)(=O)c1ccc(N2CC(O)C2)nc1. The summed E-state index contributed by atoms with van der Waals surface area (Å²) in [5.41, 5.74) is 0. The zero-order chi connectivity index (χ0) is 12.6. The molecule has 1 fully saturated rings. The average Bonchev–Trinajstić information content (AvgIpc) is 2.25. The fourth-order valence-corrected chi connectivity index (χ4v) is 2.41. The van der Waals surface area contributed by atoms with Crippen molar-refractivity contribution in [2.24, 2.45) is 0 Å². The molecule has 1 aromatic rings. The van der Waals surface area contributed by atoms with Gasteiger partial charge in [-0.05, 0) is 12.1 Å². The summed E-state index contributed by atoms with van der Waals surface area (Å²) in [6, 6.07) is 3.19. The molecule has 6 nitrogen and oxygen atoms in total. The van der Waals surface area contributed by atoms with Crippen LogP contribution in [-0.2, 0) is 10.0 Å². The van der Waals surface area contributed by atoms with Crippen molar-refractivity contribution >= 4 is 15.8 Å². The standard InChI is InChI=1S/C10H15N3O3S/c1-12(2)17(15,16)9-3-4-10(11-5-9)13-6-8(14)7-13/h3-5,8,14H,6-7H2,1-2H3. The first-order chi connectivity index (χ1) is 7.91. The van der Waals surface area contributed by atoms with E-state index in [0.717, 1.165) is 4.31 Å². The van der Waals surface area contributed by atoms with Crippen molar-refractivity contribution in [3.63, 3.8) is 0 Å². The van der Waals surface area contributed by atoms with Crippen LogP contribution in [0.25, 0.3) is 0 Å². The van der Waals surface area contributed by atoms with Crippen molar-refractivity contribution < 1.29 is 13.5 Å². The second-order valence-corrected chi connectivity index (χ2v) is 6.35. The number of pyridine rings is 1. The Labute approximate surface area is 101 Å². The Kier molecular flexibility index (Phi) is 3.07. The van der Waals surface area contributed by atoms with Crippen molar-refractivity contribution in [2.45, 2.75) is 11.0 Å². The van der Waals surface area contributed by atoms with E-state index in [-0.39, 0.29) is 11.0 Å². The maximum absolute atomic E-state index is 11.8. The van der Waals surface area contributed by atoms with Crippen molar-refractivity contribution in [1.82, 2.24) is 9.29 Å². The summed E-state index contributed by atoms with van der Waals surface area (Å²) in [5, 5.41) is 9.16. The summed E-state index contributed by atoms with van der Waals surface area (Å²) in [7, 11) is -0.454. The molecule has 0 unspecified atom stereocenters. The van der Waals surface area contributed by atoms with Crippen LogP contribution in [0.3, 0.4) is 0 Å². The first kappa shape index (κ1) is 12.3. The highest BCUT2D eigenvalue weighted by Gasteiger charge is 2.26. The van der Waals surface area contributed by atoms with E-state index >= 15 is 0 Å². The predicted octanol–water partition coefficient (Wildman–Crippen LogP) is -0.487. The highest BCUT2D eigenvalue weighted by Crippen LogP contribution is 2.20. The number of aliphatic hydroxyl groups is 1. The van der Waals surface area contributed by atoms with Crippen LogP contribution in [0, 0.1) is 0 Å². The molecule has 1 saturated heterocycles. The molecule has 2 heterocycles. The summed E-state index contributed by atoms with van der Waals surface area (Å²) < 4.78 is 24.7. The molecule has 1 aliphatic rings. The van der Waals surface area contributed by atoms with Crippen LogP contribution in [-0.4, -0.2) is 56.1 Å². The average molecular weight is 257 g/mol. The Hall–Kier alpha value is -1.18. The number of aliphatic hydroxyl groups excluding tert-OH is 1. The van der Waals surface area contributed by atoms with Gasteiger partial charge >= 0.3 is 0 Å². The molecular formula is C10H15N3O3S. The van der Waals surface area contributed by atoms with Gasteiger partial charge in [-0.25, -0.2) is 17.7 Å². The van der Waals surface area contributed by atoms with Crippen LogP contribution in [0.5, 0.6) is 0 Å². The highest BCUT2D eigenvalue weighted by molar-refractivity contribution is 7.89. The number of rotatable bonds is 3. The normalized spacial score (nSPS) is 17.3. The lowest BCUT2D eigenvalue weighted by atomic mass is 10.2. The topological polar surface area (TPSA) is 73.7 Å².